The van der Waals surface area contributed by atoms with E-state index in [1.54, 1.807) is 25.1 Å². The van der Waals surface area contributed by atoms with Gasteiger partial charge in [-0.2, -0.15) is 0 Å². The molecule has 0 bridgehead atoms. The number of nitro benzene ring substituents is 1. The minimum absolute atomic E-state index is 0.0681. The molecule has 2 N–H and O–H groups in total. The lowest BCUT2D eigenvalue weighted by Crippen LogP contribution is -2.42. The quantitative estimate of drug-likeness (QED) is 0.433. The first-order valence-electron chi connectivity index (χ1n) is 6.79. The first-order chi connectivity index (χ1) is 9.56. The van der Waals surface area contributed by atoms with Crippen molar-refractivity contribution in [1.29, 1.82) is 0 Å². The fourth-order valence-electron chi connectivity index (χ4n) is 1.74. The molecule has 1 unspecified atom stereocenters. The summed E-state index contributed by atoms with van der Waals surface area (Å²) >= 11 is 0. The lowest BCUT2D eigenvalue weighted by Gasteiger charge is -2.14. The largest absolute Gasteiger partial charge is 0.355 e. The van der Waals surface area contributed by atoms with Gasteiger partial charge in [-0.25, -0.2) is 0 Å². The van der Waals surface area contributed by atoms with Crippen molar-refractivity contribution >= 4 is 11.6 Å². The highest BCUT2D eigenvalue weighted by atomic mass is 16.6. The van der Waals surface area contributed by atoms with Crippen molar-refractivity contribution in [2.75, 3.05) is 6.54 Å². The lowest BCUT2D eigenvalue weighted by molar-refractivity contribution is -0.385. The number of nitro groups is 1. The summed E-state index contributed by atoms with van der Waals surface area (Å²) in [6.07, 6.45) is 1.97. The van der Waals surface area contributed by atoms with Crippen LogP contribution in [0.2, 0.25) is 0 Å². The Kier molecular flexibility index (Phi) is 6.66. The second-order valence-electron chi connectivity index (χ2n) is 4.63. The summed E-state index contributed by atoms with van der Waals surface area (Å²) in [5, 5.41) is 16.7. The zero-order valence-corrected chi connectivity index (χ0v) is 11.9. The molecule has 0 aliphatic rings. The van der Waals surface area contributed by atoms with Gasteiger partial charge in [0.05, 0.1) is 11.0 Å². The molecule has 110 valence electrons. The molecule has 1 aromatic rings. The van der Waals surface area contributed by atoms with Crippen LogP contribution < -0.4 is 10.6 Å². The van der Waals surface area contributed by atoms with E-state index in [9.17, 15) is 14.9 Å². The molecule has 20 heavy (non-hydrogen) atoms. The van der Waals surface area contributed by atoms with Crippen molar-refractivity contribution in [2.45, 2.75) is 39.3 Å². The van der Waals surface area contributed by atoms with E-state index in [2.05, 4.69) is 17.6 Å². The first kappa shape index (κ1) is 16.1. The Labute approximate surface area is 118 Å². The van der Waals surface area contributed by atoms with E-state index in [-0.39, 0.29) is 17.6 Å². The summed E-state index contributed by atoms with van der Waals surface area (Å²) in [7, 11) is 0. The number of nitrogens with zero attached hydrogens (tertiary/aromatic N) is 1. The maximum atomic E-state index is 11.8. The Hall–Kier alpha value is -1.95. The van der Waals surface area contributed by atoms with E-state index in [0.717, 1.165) is 12.8 Å². The smallest absolute Gasteiger partial charge is 0.273 e. The molecule has 0 fully saturated rings. The van der Waals surface area contributed by atoms with Crippen LogP contribution in [0.1, 0.15) is 32.3 Å². The predicted molar refractivity (Wildman–Crippen MR) is 77.3 cm³/mol. The normalized spacial score (nSPS) is 11.9. The number of hydrogen-bond acceptors (Lipinski definition) is 4. The molecule has 0 aromatic heterocycles. The van der Waals surface area contributed by atoms with Crippen LogP contribution in [0.15, 0.2) is 24.3 Å². The highest BCUT2D eigenvalue weighted by Gasteiger charge is 2.15. The maximum Gasteiger partial charge on any atom is 0.273 e. The van der Waals surface area contributed by atoms with Gasteiger partial charge in [0.25, 0.3) is 5.69 Å². The average molecular weight is 279 g/mol. The third-order valence-corrected chi connectivity index (χ3v) is 3.01. The van der Waals surface area contributed by atoms with Crippen LogP contribution >= 0.6 is 0 Å². The Balaban J connectivity index is 2.50. The van der Waals surface area contributed by atoms with Gasteiger partial charge in [-0.05, 0) is 13.3 Å². The monoisotopic (exact) mass is 279 g/mol. The van der Waals surface area contributed by atoms with Crippen LogP contribution in [-0.4, -0.2) is 23.4 Å². The van der Waals surface area contributed by atoms with E-state index in [1.165, 1.54) is 6.07 Å². The van der Waals surface area contributed by atoms with Crippen LogP contribution in [0.25, 0.3) is 0 Å². The highest BCUT2D eigenvalue weighted by molar-refractivity contribution is 5.81. The Bertz CT molecular complexity index is 463. The van der Waals surface area contributed by atoms with Crippen molar-refractivity contribution in [1.82, 2.24) is 10.6 Å². The van der Waals surface area contributed by atoms with Gasteiger partial charge in [0.1, 0.15) is 0 Å². The molecule has 0 aliphatic carbocycles. The molecule has 6 heteroatoms. The van der Waals surface area contributed by atoms with Crippen LogP contribution in [0.5, 0.6) is 0 Å². The zero-order valence-electron chi connectivity index (χ0n) is 11.9. The number of unbranched alkanes of at least 4 members (excludes halogenated alkanes) is 1. The fraction of sp³-hybridized carbons (Fsp3) is 0.500. The van der Waals surface area contributed by atoms with Crippen LogP contribution in [-0.2, 0) is 11.3 Å². The van der Waals surface area contributed by atoms with Crippen molar-refractivity contribution in [3.05, 3.63) is 39.9 Å². The summed E-state index contributed by atoms with van der Waals surface area (Å²) in [6.45, 7) is 4.75. The lowest BCUT2D eigenvalue weighted by atomic mass is 10.1. The molecule has 1 atom stereocenters. The molecule has 0 radical (unpaired) electrons. The molecule has 0 saturated heterocycles. The van der Waals surface area contributed by atoms with Gasteiger partial charge in [-0.15, -0.1) is 0 Å². The Morgan fingerprint density at radius 2 is 2.10 bits per heavy atom. The second kappa shape index (κ2) is 8.27. The SMILES string of the molecule is CCCCNC(=O)C(C)NCc1ccccc1[N+](=O)[O-]. The highest BCUT2D eigenvalue weighted by Crippen LogP contribution is 2.17. The van der Waals surface area contributed by atoms with E-state index < -0.39 is 4.92 Å². The number of nitrogens with one attached hydrogen (secondary N) is 2. The maximum absolute atomic E-state index is 11.8. The summed E-state index contributed by atoms with van der Waals surface area (Å²) in [5.41, 5.74) is 0.643. The third-order valence-electron chi connectivity index (χ3n) is 3.01. The molecule has 0 saturated carbocycles. The molecular formula is C14H21N3O3. The van der Waals surface area contributed by atoms with Gasteiger partial charge in [0.15, 0.2) is 0 Å². The number of carbonyl (C=O) groups excluding carboxylic acids is 1. The van der Waals surface area contributed by atoms with Crippen LogP contribution in [0.3, 0.4) is 0 Å². The minimum Gasteiger partial charge on any atom is -0.355 e. The van der Waals surface area contributed by atoms with E-state index in [4.69, 9.17) is 0 Å². The molecule has 1 aromatic carbocycles. The van der Waals surface area contributed by atoms with Crippen molar-refractivity contribution in [2.24, 2.45) is 0 Å². The molecule has 0 aliphatic heterocycles. The summed E-state index contributed by atoms with van der Waals surface area (Å²) in [4.78, 5) is 22.2. The topological polar surface area (TPSA) is 84.3 Å². The molecule has 6 nitrogen and oxygen atoms in total. The average Bonchev–Trinajstić information content (AvgIpc) is 2.45. The third kappa shape index (κ3) is 4.97. The minimum atomic E-state index is -0.414. The van der Waals surface area contributed by atoms with Crippen molar-refractivity contribution < 1.29 is 9.72 Å². The second-order valence-corrected chi connectivity index (χ2v) is 4.63. The fourth-order valence-corrected chi connectivity index (χ4v) is 1.74. The van der Waals surface area contributed by atoms with Crippen molar-refractivity contribution in [3.8, 4) is 0 Å². The van der Waals surface area contributed by atoms with Gasteiger partial charge in [-0.3, -0.25) is 14.9 Å². The van der Waals surface area contributed by atoms with Crippen LogP contribution in [0.4, 0.5) is 5.69 Å². The van der Waals surface area contributed by atoms with Crippen LogP contribution in [0, 0.1) is 10.1 Å². The Morgan fingerprint density at radius 3 is 2.75 bits per heavy atom. The molecule has 1 rings (SSSR count). The number of amides is 1. The van der Waals surface area contributed by atoms with E-state index in [0.29, 0.717) is 18.7 Å². The van der Waals surface area contributed by atoms with Gasteiger partial charge in [0, 0.05) is 24.7 Å². The zero-order chi connectivity index (χ0) is 15.0. The predicted octanol–water partition coefficient (Wildman–Crippen LogP) is 1.99. The number of carbonyl (C=O) groups is 1. The molecular weight excluding hydrogens is 258 g/mol. The number of benzene rings is 1. The van der Waals surface area contributed by atoms with E-state index >= 15 is 0 Å². The standard InChI is InChI=1S/C14H21N3O3/c1-3-4-9-15-14(18)11(2)16-10-12-7-5-6-8-13(12)17(19)20/h5-8,11,16H,3-4,9-10H2,1-2H3,(H,15,18). The summed E-state index contributed by atoms with van der Waals surface area (Å²) in [6, 6.07) is 6.14. The molecule has 1 amide bonds. The number of rotatable bonds is 8. The summed E-state index contributed by atoms with van der Waals surface area (Å²) < 4.78 is 0. The molecule has 0 heterocycles. The van der Waals surface area contributed by atoms with Gasteiger partial charge >= 0.3 is 0 Å². The Morgan fingerprint density at radius 1 is 1.40 bits per heavy atom. The number of para-hydroxylation sites is 1. The summed E-state index contributed by atoms with van der Waals surface area (Å²) in [5.74, 6) is -0.0861. The van der Waals surface area contributed by atoms with Gasteiger partial charge < -0.3 is 10.6 Å². The molecule has 0 spiro atoms. The van der Waals surface area contributed by atoms with E-state index in [1.807, 2.05) is 0 Å². The van der Waals surface area contributed by atoms with Gasteiger partial charge in [0.2, 0.25) is 5.91 Å². The van der Waals surface area contributed by atoms with Gasteiger partial charge in [-0.1, -0.05) is 31.5 Å². The van der Waals surface area contributed by atoms with Crippen molar-refractivity contribution in [3.63, 3.8) is 0 Å². The number of hydrogen-bond donors (Lipinski definition) is 2. The first-order valence-corrected chi connectivity index (χ1v) is 6.79.